The zero-order valence-corrected chi connectivity index (χ0v) is 12.5. The first-order valence-electron chi connectivity index (χ1n) is 6.03. The van der Waals surface area contributed by atoms with Crippen molar-refractivity contribution >= 4 is 15.7 Å². The van der Waals surface area contributed by atoms with E-state index in [1.165, 1.54) is 12.1 Å². The first-order valence-corrected chi connectivity index (χ1v) is 7.52. The number of benzene rings is 1. The first-order chi connectivity index (χ1) is 9.22. The smallest absolute Gasteiger partial charge is 0.262 e. The Morgan fingerprint density at radius 3 is 2.15 bits per heavy atom. The molecule has 1 heterocycles. The van der Waals surface area contributed by atoms with E-state index in [2.05, 4.69) is 14.9 Å². The molecule has 0 aliphatic heterocycles. The Labute approximate surface area is 117 Å². The van der Waals surface area contributed by atoms with Gasteiger partial charge in [0.05, 0.1) is 22.0 Å². The summed E-state index contributed by atoms with van der Waals surface area (Å²) in [5, 5.41) is 6.65. The predicted molar refractivity (Wildman–Crippen MR) is 74.7 cm³/mol. The Morgan fingerprint density at radius 2 is 1.70 bits per heavy atom. The van der Waals surface area contributed by atoms with Crippen molar-refractivity contribution in [2.24, 2.45) is 0 Å². The molecule has 0 bridgehead atoms. The van der Waals surface area contributed by atoms with Crippen LogP contribution in [0.4, 0.5) is 10.1 Å². The van der Waals surface area contributed by atoms with Crippen LogP contribution in [0.3, 0.4) is 0 Å². The molecule has 20 heavy (non-hydrogen) atoms. The maximum Gasteiger partial charge on any atom is 0.262 e. The van der Waals surface area contributed by atoms with Gasteiger partial charge in [-0.05, 0) is 51.0 Å². The number of sulfonamides is 1. The van der Waals surface area contributed by atoms with Gasteiger partial charge >= 0.3 is 0 Å². The Kier molecular flexibility index (Phi) is 3.56. The van der Waals surface area contributed by atoms with E-state index < -0.39 is 15.8 Å². The molecular formula is C13H16FN3O2S. The number of aromatic nitrogens is 2. The zero-order chi connectivity index (χ0) is 15.1. The lowest BCUT2D eigenvalue weighted by Crippen LogP contribution is -2.16. The molecule has 0 fully saturated rings. The van der Waals surface area contributed by atoms with Gasteiger partial charge in [0.1, 0.15) is 5.82 Å². The zero-order valence-electron chi connectivity index (χ0n) is 11.7. The second kappa shape index (κ2) is 4.90. The van der Waals surface area contributed by atoms with E-state index >= 15 is 0 Å². The molecule has 0 saturated carbocycles. The van der Waals surface area contributed by atoms with Crippen LogP contribution >= 0.6 is 0 Å². The highest BCUT2D eigenvalue weighted by molar-refractivity contribution is 7.92. The van der Waals surface area contributed by atoms with Crippen molar-refractivity contribution in [3.63, 3.8) is 0 Å². The Hall–Kier alpha value is -1.89. The van der Waals surface area contributed by atoms with Crippen LogP contribution in [-0.2, 0) is 10.0 Å². The molecule has 0 spiro atoms. The van der Waals surface area contributed by atoms with Gasteiger partial charge in [-0.25, -0.2) is 12.8 Å². The molecule has 0 aliphatic rings. The molecule has 1 aromatic heterocycles. The number of nitrogens with zero attached hydrogens (tertiary/aromatic N) is 1. The molecule has 0 unspecified atom stereocenters. The van der Waals surface area contributed by atoms with Gasteiger partial charge in [0.25, 0.3) is 10.0 Å². The minimum Gasteiger partial charge on any atom is -0.280 e. The van der Waals surface area contributed by atoms with Crippen molar-refractivity contribution in [1.82, 2.24) is 10.2 Å². The lowest BCUT2D eigenvalue weighted by atomic mass is 10.1. The number of nitrogens with one attached hydrogen (secondary N) is 2. The van der Waals surface area contributed by atoms with Gasteiger partial charge in [-0.2, -0.15) is 5.10 Å². The van der Waals surface area contributed by atoms with Crippen LogP contribution in [0, 0.1) is 33.5 Å². The SMILES string of the molecule is Cc1cc(F)cc(C)c1S(=O)(=O)Nc1c(C)n[nH]c1C. The largest absolute Gasteiger partial charge is 0.280 e. The van der Waals surface area contributed by atoms with Crippen molar-refractivity contribution in [2.75, 3.05) is 4.72 Å². The number of aryl methyl sites for hydroxylation is 4. The molecule has 108 valence electrons. The summed E-state index contributed by atoms with van der Waals surface area (Å²) in [7, 11) is -3.78. The molecule has 7 heteroatoms. The minimum absolute atomic E-state index is 0.0962. The van der Waals surface area contributed by atoms with Crippen molar-refractivity contribution in [2.45, 2.75) is 32.6 Å². The summed E-state index contributed by atoms with van der Waals surface area (Å²) in [6.45, 7) is 6.56. The van der Waals surface area contributed by atoms with Crippen LogP contribution in [0.2, 0.25) is 0 Å². The summed E-state index contributed by atoms with van der Waals surface area (Å²) in [5.74, 6) is -0.449. The summed E-state index contributed by atoms with van der Waals surface area (Å²) in [6, 6.07) is 2.41. The summed E-state index contributed by atoms with van der Waals surface area (Å²) < 4.78 is 40.7. The summed E-state index contributed by atoms with van der Waals surface area (Å²) in [5.41, 5.74) is 2.35. The molecule has 0 radical (unpaired) electrons. The predicted octanol–water partition coefficient (Wildman–Crippen LogP) is 2.58. The molecule has 0 aliphatic carbocycles. The number of rotatable bonds is 3. The van der Waals surface area contributed by atoms with Gasteiger partial charge in [0, 0.05) is 0 Å². The molecule has 2 rings (SSSR count). The number of H-pyrrole nitrogens is 1. The van der Waals surface area contributed by atoms with Gasteiger partial charge in [0.2, 0.25) is 0 Å². The fraction of sp³-hybridized carbons (Fsp3) is 0.308. The number of anilines is 1. The van der Waals surface area contributed by atoms with E-state index in [1.807, 2.05) is 0 Å². The molecule has 1 aromatic carbocycles. The Morgan fingerprint density at radius 1 is 1.15 bits per heavy atom. The second-order valence-electron chi connectivity index (χ2n) is 4.78. The van der Waals surface area contributed by atoms with E-state index in [1.54, 1.807) is 27.7 Å². The molecule has 0 saturated heterocycles. The van der Waals surface area contributed by atoms with E-state index in [4.69, 9.17) is 0 Å². The number of halogens is 1. The van der Waals surface area contributed by atoms with E-state index in [-0.39, 0.29) is 4.90 Å². The van der Waals surface area contributed by atoms with Crippen molar-refractivity contribution in [1.29, 1.82) is 0 Å². The van der Waals surface area contributed by atoms with Gasteiger partial charge in [-0.15, -0.1) is 0 Å². The van der Waals surface area contributed by atoms with Crippen LogP contribution in [0.15, 0.2) is 17.0 Å². The highest BCUT2D eigenvalue weighted by atomic mass is 32.2. The molecule has 2 aromatic rings. The Bertz CT molecular complexity index is 723. The van der Waals surface area contributed by atoms with Crippen molar-refractivity contribution in [3.05, 3.63) is 40.5 Å². The van der Waals surface area contributed by atoms with Gasteiger partial charge in [0.15, 0.2) is 0 Å². The second-order valence-corrected chi connectivity index (χ2v) is 6.40. The van der Waals surface area contributed by atoms with Gasteiger partial charge in [-0.1, -0.05) is 0 Å². The minimum atomic E-state index is -3.78. The van der Waals surface area contributed by atoms with Crippen molar-refractivity contribution < 1.29 is 12.8 Å². The van der Waals surface area contributed by atoms with Crippen LogP contribution in [0.25, 0.3) is 0 Å². The van der Waals surface area contributed by atoms with Crippen LogP contribution < -0.4 is 4.72 Å². The van der Waals surface area contributed by atoms with Crippen molar-refractivity contribution in [3.8, 4) is 0 Å². The van der Waals surface area contributed by atoms with Crippen LogP contribution in [0.5, 0.6) is 0 Å². The van der Waals surface area contributed by atoms with Gasteiger partial charge < -0.3 is 0 Å². The normalized spacial score (nSPS) is 11.7. The number of aromatic amines is 1. The average Bonchev–Trinajstić information content (AvgIpc) is 2.58. The van der Waals surface area contributed by atoms with Crippen LogP contribution in [0.1, 0.15) is 22.5 Å². The fourth-order valence-corrected chi connectivity index (χ4v) is 3.85. The average molecular weight is 297 g/mol. The van der Waals surface area contributed by atoms with Gasteiger partial charge in [-0.3, -0.25) is 9.82 Å². The number of hydrogen-bond acceptors (Lipinski definition) is 3. The number of hydrogen-bond donors (Lipinski definition) is 2. The highest BCUT2D eigenvalue weighted by Gasteiger charge is 2.22. The molecule has 0 atom stereocenters. The summed E-state index contributed by atoms with van der Waals surface area (Å²) >= 11 is 0. The third-order valence-electron chi connectivity index (χ3n) is 3.06. The molecule has 2 N–H and O–H groups in total. The third-order valence-corrected chi connectivity index (χ3v) is 4.71. The lowest BCUT2D eigenvalue weighted by molar-refractivity contribution is 0.597. The van der Waals surface area contributed by atoms with Crippen LogP contribution in [-0.4, -0.2) is 18.6 Å². The monoisotopic (exact) mass is 297 g/mol. The standard InChI is InChI=1S/C13H16FN3O2S/c1-7-5-11(14)6-8(2)13(7)20(18,19)17-12-9(3)15-16-10(12)4/h5-6,17H,1-4H3,(H,15,16). The quantitative estimate of drug-likeness (QED) is 0.914. The molecule has 5 nitrogen and oxygen atoms in total. The topological polar surface area (TPSA) is 74.8 Å². The maximum atomic E-state index is 13.3. The lowest BCUT2D eigenvalue weighted by Gasteiger charge is -2.13. The summed E-state index contributed by atoms with van der Waals surface area (Å²) in [4.78, 5) is 0.0962. The Balaban J connectivity index is 2.52. The fourth-order valence-electron chi connectivity index (χ4n) is 2.21. The van der Waals surface area contributed by atoms with E-state index in [0.717, 1.165) is 0 Å². The maximum absolute atomic E-state index is 13.3. The van der Waals surface area contributed by atoms with E-state index in [0.29, 0.717) is 28.2 Å². The highest BCUT2D eigenvalue weighted by Crippen LogP contribution is 2.26. The van der Waals surface area contributed by atoms with E-state index in [9.17, 15) is 12.8 Å². The molecule has 0 amide bonds. The first kappa shape index (κ1) is 14.5. The third kappa shape index (κ3) is 2.53. The summed E-state index contributed by atoms with van der Waals surface area (Å²) in [6.07, 6.45) is 0. The molecular weight excluding hydrogens is 281 g/mol.